The highest BCUT2D eigenvalue weighted by Crippen LogP contribution is 2.25. The first-order chi connectivity index (χ1) is 13.6. The molecule has 2 N–H and O–H groups in total. The smallest absolute Gasteiger partial charge is 0.191 e. The molecule has 3 heterocycles. The fourth-order valence-corrected chi connectivity index (χ4v) is 4.16. The van der Waals surface area contributed by atoms with Gasteiger partial charge in [-0.2, -0.15) is 0 Å². The molecule has 3 unspecified atom stereocenters. The largest absolute Gasteiger partial charge is 0.379 e. The average molecular weight is 537 g/mol. The summed E-state index contributed by atoms with van der Waals surface area (Å²) in [7, 11) is 0. The maximum absolute atomic E-state index is 6.30. The van der Waals surface area contributed by atoms with Gasteiger partial charge in [-0.3, -0.25) is 9.89 Å². The molecule has 29 heavy (non-hydrogen) atoms. The molecule has 0 aliphatic carbocycles. The number of aliphatic imine (C=N–C) groups is 1. The highest BCUT2D eigenvalue weighted by molar-refractivity contribution is 14.0. The molecular formula is C20H34ClIN6O. The number of aromatic nitrogens is 1. The summed E-state index contributed by atoms with van der Waals surface area (Å²) in [5, 5.41) is 7.67. The summed E-state index contributed by atoms with van der Waals surface area (Å²) in [5.74, 6) is 1.75. The zero-order valence-corrected chi connectivity index (χ0v) is 20.7. The lowest BCUT2D eigenvalue weighted by atomic mass is 10.2. The molecule has 7 nitrogen and oxygen atoms in total. The van der Waals surface area contributed by atoms with Crippen LogP contribution in [0.2, 0.25) is 5.02 Å². The summed E-state index contributed by atoms with van der Waals surface area (Å²) in [6.45, 7) is 12.6. The number of ether oxygens (including phenoxy) is 1. The lowest BCUT2D eigenvalue weighted by Gasteiger charge is -2.37. The monoisotopic (exact) mass is 536 g/mol. The standard InChI is InChI=1S/C20H33ClN6O.HI/c1-4-22-20(24-12-15(2)27-10-11-28-14-16(27)3)25-17-7-9-26(13-17)19-18(21)6-5-8-23-19;/h5-6,8,15-17H,4,7,9-14H2,1-3H3,(H2,22,24,25);1H. The van der Waals surface area contributed by atoms with Crippen LogP contribution in [0.5, 0.6) is 0 Å². The van der Waals surface area contributed by atoms with Crippen LogP contribution >= 0.6 is 35.6 Å². The van der Waals surface area contributed by atoms with E-state index in [-0.39, 0.29) is 24.0 Å². The van der Waals surface area contributed by atoms with Crippen LogP contribution in [-0.4, -0.2) is 79.9 Å². The van der Waals surface area contributed by atoms with Crippen molar-refractivity contribution in [2.75, 3.05) is 50.8 Å². The van der Waals surface area contributed by atoms with Gasteiger partial charge in [0.25, 0.3) is 0 Å². The first-order valence-electron chi connectivity index (χ1n) is 10.3. The minimum atomic E-state index is 0. The van der Waals surface area contributed by atoms with Gasteiger partial charge in [-0.05, 0) is 39.3 Å². The van der Waals surface area contributed by atoms with Gasteiger partial charge < -0.3 is 20.3 Å². The second-order valence-corrected chi connectivity index (χ2v) is 8.02. The summed E-state index contributed by atoms with van der Waals surface area (Å²) in [6, 6.07) is 4.92. The number of hydrogen-bond acceptors (Lipinski definition) is 5. The molecule has 2 saturated heterocycles. The molecule has 0 bridgehead atoms. The van der Waals surface area contributed by atoms with Crippen LogP contribution in [0.25, 0.3) is 0 Å². The molecule has 0 radical (unpaired) electrons. The van der Waals surface area contributed by atoms with E-state index in [1.165, 1.54) is 0 Å². The Morgan fingerprint density at radius 3 is 3.00 bits per heavy atom. The van der Waals surface area contributed by atoms with Crippen LogP contribution in [0.15, 0.2) is 23.3 Å². The third-order valence-electron chi connectivity index (χ3n) is 5.41. The van der Waals surface area contributed by atoms with Gasteiger partial charge in [-0.1, -0.05) is 11.6 Å². The maximum atomic E-state index is 6.30. The summed E-state index contributed by atoms with van der Waals surface area (Å²) in [4.78, 5) is 14.0. The minimum Gasteiger partial charge on any atom is -0.379 e. The van der Waals surface area contributed by atoms with Crippen LogP contribution in [0.1, 0.15) is 27.2 Å². The number of rotatable bonds is 6. The Morgan fingerprint density at radius 2 is 2.28 bits per heavy atom. The normalized spacial score (nSPS) is 24.1. The van der Waals surface area contributed by atoms with Crippen LogP contribution in [0.4, 0.5) is 5.82 Å². The van der Waals surface area contributed by atoms with Crippen molar-refractivity contribution in [2.24, 2.45) is 4.99 Å². The molecule has 164 valence electrons. The van der Waals surface area contributed by atoms with Crippen molar-refractivity contribution in [3.63, 3.8) is 0 Å². The van der Waals surface area contributed by atoms with Crippen molar-refractivity contribution in [1.29, 1.82) is 0 Å². The molecule has 1 aromatic heterocycles. The van der Waals surface area contributed by atoms with Gasteiger partial charge in [-0.25, -0.2) is 4.98 Å². The van der Waals surface area contributed by atoms with E-state index >= 15 is 0 Å². The van der Waals surface area contributed by atoms with Crippen LogP contribution in [0.3, 0.4) is 0 Å². The third kappa shape index (κ3) is 6.83. The van der Waals surface area contributed by atoms with Crippen molar-refractivity contribution >= 4 is 47.4 Å². The second kappa shape index (κ2) is 12.1. The molecule has 0 aromatic carbocycles. The lowest BCUT2D eigenvalue weighted by molar-refractivity contribution is -0.0165. The Hall–Kier alpha value is -0.840. The summed E-state index contributed by atoms with van der Waals surface area (Å²) >= 11 is 6.30. The molecule has 3 atom stereocenters. The van der Waals surface area contributed by atoms with Gasteiger partial charge >= 0.3 is 0 Å². The van der Waals surface area contributed by atoms with Crippen LogP contribution in [0, 0.1) is 0 Å². The number of anilines is 1. The fraction of sp³-hybridized carbons (Fsp3) is 0.700. The number of halogens is 2. The Morgan fingerprint density at radius 1 is 1.45 bits per heavy atom. The van der Waals surface area contributed by atoms with Gasteiger partial charge in [0.1, 0.15) is 5.82 Å². The van der Waals surface area contributed by atoms with Gasteiger partial charge in [0.05, 0.1) is 24.8 Å². The Kier molecular flexibility index (Phi) is 10.2. The van der Waals surface area contributed by atoms with Crippen molar-refractivity contribution in [1.82, 2.24) is 20.5 Å². The Labute approximate surface area is 196 Å². The van der Waals surface area contributed by atoms with Crippen LogP contribution in [-0.2, 0) is 4.74 Å². The second-order valence-electron chi connectivity index (χ2n) is 7.62. The van der Waals surface area contributed by atoms with Gasteiger partial charge in [-0.15, -0.1) is 24.0 Å². The van der Waals surface area contributed by atoms with E-state index in [1.807, 2.05) is 12.1 Å². The number of guanidine groups is 1. The molecule has 2 aliphatic heterocycles. The summed E-state index contributed by atoms with van der Waals surface area (Å²) < 4.78 is 5.55. The maximum Gasteiger partial charge on any atom is 0.191 e. The highest BCUT2D eigenvalue weighted by Gasteiger charge is 2.26. The fourth-order valence-electron chi connectivity index (χ4n) is 3.92. The topological polar surface area (TPSA) is 65.0 Å². The quantitative estimate of drug-likeness (QED) is 0.331. The molecular weight excluding hydrogens is 503 g/mol. The van der Waals surface area contributed by atoms with E-state index in [0.29, 0.717) is 23.1 Å². The predicted molar refractivity (Wildman–Crippen MR) is 131 cm³/mol. The van der Waals surface area contributed by atoms with Gasteiger partial charge in [0, 0.05) is 50.5 Å². The van der Waals surface area contributed by atoms with Crippen LogP contribution < -0.4 is 15.5 Å². The van der Waals surface area contributed by atoms with E-state index in [9.17, 15) is 0 Å². The van der Waals surface area contributed by atoms with Crippen molar-refractivity contribution in [3.8, 4) is 0 Å². The zero-order chi connectivity index (χ0) is 19.9. The molecule has 1 aromatic rings. The SMILES string of the molecule is CCNC(=NCC(C)N1CCOCC1C)NC1CCN(c2ncccc2Cl)C1.I. The number of pyridine rings is 1. The molecule has 9 heteroatoms. The summed E-state index contributed by atoms with van der Waals surface area (Å²) in [5.41, 5.74) is 0. The first kappa shape index (κ1) is 24.4. The number of morpholine rings is 1. The van der Waals surface area contributed by atoms with E-state index in [2.05, 4.69) is 46.2 Å². The number of nitrogens with one attached hydrogen (secondary N) is 2. The number of nitrogens with zero attached hydrogens (tertiary/aromatic N) is 4. The van der Waals surface area contributed by atoms with E-state index < -0.39 is 0 Å². The van der Waals surface area contributed by atoms with E-state index in [1.54, 1.807) is 6.20 Å². The summed E-state index contributed by atoms with van der Waals surface area (Å²) in [6.07, 6.45) is 2.83. The average Bonchev–Trinajstić information content (AvgIpc) is 3.15. The van der Waals surface area contributed by atoms with E-state index in [0.717, 1.165) is 64.1 Å². The van der Waals surface area contributed by atoms with Crippen molar-refractivity contribution < 1.29 is 4.74 Å². The Balaban J connectivity index is 0.00000300. The molecule has 2 aliphatic rings. The lowest BCUT2D eigenvalue weighted by Crippen LogP contribution is -2.50. The Bertz CT molecular complexity index is 664. The minimum absolute atomic E-state index is 0. The molecule has 2 fully saturated rings. The third-order valence-corrected chi connectivity index (χ3v) is 5.71. The molecule has 0 spiro atoms. The highest BCUT2D eigenvalue weighted by atomic mass is 127. The molecule has 0 saturated carbocycles. The van der Waals surface area contributed by atoms with Crippen molar-refractivity contribution in [3.05, 3.63) is 23.4 Å². The van der Waals surface area contributed by atoms with Gasteiger partial charge in [0.2, 0.25) is 0 Å². The first-order valence-corrected chi connectivity index (χ1v) is 10.7. The van der Waals surface area contributed by atoms with Gasteiger partial charge in [0.15, 0.2) is 5.96 Å². The van der Waals surface area contributed by atoms with E-state index in [4.69, 9.17) is 21.3 Å². The van der Waals surface area contributed by atoms with Crippen molar-refractivity contribution in [2.45, 2.75) is 45.3 Å². The molecule has 0 amide bonds. The predicted octanol–water partition coefficient (Wildman–Crippen LogP) is 2.60. The molecule has 3 rings (SSSR count). The number of hydrogen-bond donors (Lipinski definition) is 2. The zero-order valence-electron chi connectivity index (χ0n) is 17.6.